The molecule has 9 heteroatoms. The Balaban J connectivity index is 1.67. The van der Waals surface area contributed by atoms with Crippen LogP contribution in [-0.2, 0) is 14.8 Å². The number of nitrogens with zero attached hydrogens (tertiary/aromatic N) is 2. The Labute approximate surface area is 179 Å². The number of fused-ring (bicyclic) bond motifs is 1. The minimum atomic E-state index is -3.81. The number of benzene rings is 1. The summed E-state index contributed by atoms with van der Waals surface area (Å²) < 4.78 is 38.8. The highest BCUT2D eigenvalue weighted by Crippen LogP contribution is 2.34. The molecule has 0 bridgehead atoms. The van der Waals surface area contributed by atoms with E-state index in [0.29, 0.717) is 62.7 Å². The van der Waals surface area contributed by atoms with Gasteiger partial charge in [-0.15, -0.1) is 0 Å². The highest BCUT2D eigenvalue weighted by molar-refractivity contribution is 7.89. The van der Waals surface area contributed by atoms with E-state index in [1.54, 1.807) is 6.07 Å². The third-order valence-electron chi connectivity index (χ3n) is 5.62. The summed E-state index contributed by atoms with van der Waals surface area (Å²) in [4.78, 5) is 15.2. The van der Waals surface area contributed by atoms with Crippen LogP contribution >= 0.6 is 0 Å². The topological polar surface area (TPSA) is 88.2 Å². The van der Waals surface area contributed by atoms with Gasteiger partial charge in [-0.1, -0.05) is 0 Å². The minimum Gasteiger partial charge on any atom is -0.486 e. The monoisotopic (exact) mass is 439 g/mol. The molecule has 1 amide bonds. The van der Waals surface area contributed by atoms with Gasteiger partial charge >= 0.3 is 0 Å². The average Bonchev–Trinajstić information content (AvgIpc) is 3.21. The van der Waals surface area contributed by atoms with Crippen LogP contribution in [0, 0.1) is 0 Å². The van der Waals surface area contributed by atoms with Gasteiger partial charge in [-0.3, -0.25) is 9.69 Å². The molecule has 0 saturated carbocycles. The molecule has 1 aromatic carbocycles. The number of hydrogen-bond donors (Lipinski definition) is 1. The lowest BCUT2D eigenvalue weighted by molar-refractivity contribution is -0.124. The minimum absolute atomic E-state index is 0.122. The zero-order valence-electron chi connectivity index (χ0n) is 18.3. The van der Waals surface area contributed by atoms with Crippen molar-refractivity contribution in [3.63, 3.8) is 0 Å². The first kappa shape index (κ1) is 22.8. The predicted octanol–water partition coefficient (Wildman–Crippen LogP) is 1.85. The smallest absolute Gasteiger partial charge is 0.243 e. The van der Waals surface area contributed by atoms with Gasteiger partial charge in [0, 0.05) is 37.8 Å². The van der Waals surface area contributed by atoms with E-state index >= 15 is 0 Å². The molecule has 1 N–H and O–H groups in total. The van der Waals surface area contributed by atoms with Crippen LogP contribution in [0.3, 0.4) is 0 Å². The second-order valence-electron chi connectivity index (χ2n) is 8.30. The van der Waals surface area contributed by atoms with Crippen molar-refractivity contribution in [2.45, 2.75) is 63.6 Å². The Morgan fingerprint density at radius 3 is 2.50 bits per heavy atom. The summed E-state index contributed by atoms with van der Waals surface area (Å²) in [5.74, 6) is 0.724. The van der Waals surface area contributed by atoms with Gasteiger partial charge in [-0.05, 0) is 52.7 Å². The molecule has 1 fully saturated rings. The van der Waals surface area contributed by atoms with Crippen molar-refractivity contribution in [2.75, 3.05) is 32.8 Å². The first-order valence-corrected chi connectivity index (χ1v) is 12.1. The van der Waals surface area contributed by atoms with Crippen molar-refractivity contribution >= 4 is 15.9 Å². The van der Waals surface area contributed by atoms with Crippen molar-refractivity contribution < 1.29 is 22.7 Å². The summed E-state index contributed by atoms with van der Waals surface area (Å²) in [5.41, 5.74) is 0. The van der Waals surface area contributed by atoms with Gasteiger partial charge in [0.25, 0.3) is 0 Å². The Hall–Kier alpha value is -1.84. The summed E-state index contributed by atoms with van der Waals surface area (Å²) in [7, 11) is -3.81. The normalized spacial score (nSPS) is 19.6. The molecule has 0 aromatic heterocycles. The Morgan fingerprint density at radius 1 is 1.17 bits per heavy atom. The van der Waals surface area contributed by atoms with E-state index in [9.17, 15) is 13.2 Å². The molecule has 2 aliphatic heterocycles. The van der Waals surface area contributed by atoms with Crippen LogP contribution in [0.5, 0.6) is 11.5 Å². The maximum absolute atomic E-state index is 13.2. The fourth-order valence-electron chi connectivity index (χ4n) is 4.15. The molecule has 30 heavy (non-hydrogen) atoms. The molecule has 2 aliphatic rings. The molecular weight excluding hydrogens is 406 g/mol. The van der Waals surface area contributed by atoms with Gasteiger partial charge in [0.15, 0.2) is 11.5 Å². The van der Waals surface area contributed by atoms with E-state index in [0.717, 1.165) is 6.54 Å². The van der Waals surface area contributed by atoms with Crippen molar-refractivity contribution in [2.24, 2.45) is 0 Å². The third kappa shape index (κ3) is 4.90. The lowest BCUT2D eigenvalue weighted by Gasteiger charge is -2.31. The largest absolute Gasteiger partial charge is 0.486 e. The van der Waals surface area contributed by atoms with Crippen LogP contribution in [0.15, 0.2) is 23.1 Å². The van der Waals surface area contributed by atoms with Crippen LogP contribution in [0.25, 0.3) is 0 Å². The highest BCUT2D eigenvalue weighted by Gasteiger charge is 2.39. The second-order valence-corrected chi connectivity index (χ2v) is 10.2. The standard InChI is InChI=1S/C21H33N3O5S/c1-15(2)23(16(3)4)11-9-22-21(25)18-6-5-10-24(18)30(26,27)17-7-8-19-20(14-17)29-13-12-28-19/h7-8,14-16,18H,5-6,9-13H2,1-4H3,(H,22,25)/t18-/m0/s1. The number of hydrogen-bond acceptors (Lipinski definition) is 6. The summed E-state index contributed by atoms with van der Waals surface area (Å²) in [5, 5.41) is 2.94. The lowest BCUT2D eigenvalue weighted by Crippen LogP contribution is -2.48. The average molecular weight is 440 g/mol. The molecule has 1 atom stereocenters. The molecule has 2 heterocycles. The van der Waals surface area contributed by atoms with Crippen molar-refractivity contribution in [1.29, 1.82) is 0 Å². The van der Waals surface area contributed by atoms with Crippen molar-refractivity contribution in [3.8, 4) is 11.5 Å². The zero-order chi connectivity index (χ0) is 21.9. The van der Waals surface area contributed by atoms with Gasteiger partial charge in [0.2, 0.25) is 15.9 Å². The van der Waals surface area contributed by atoms with Gasteiger partial charge in [-0.25, -0.2) is 8.42 Å². The Kier molecular flexibility index (Phi) is 7.26. The number of carbonyl (C=O) groups excluding carboxylic acids is 1. The second kappa shape index (κ2) is 9.53. The van der Waals surface area contributed by atoms with Crippen LogP contribution in [-0.4, -0.2) is 74.5 Å². The number of sulfonamides is 1. The molecule has 0 aliphatic carbocycles. The van der Waals surface area contributed by atoms with Gasteiger partial charge in [0.05, 0.1) is 4.90 Å². The molecule has 8 nitrogen and oxygen atoms in total. The number of amides is 1. The van der Waals surface area contributed by atoms with E-state index in [1.165, 1.54) is 16.4 Å². The molecule has 0 spiro atoms. The molecule has 1 aromatic rings. The lowest BCUT2D eigenvalue weighted by atomic mass is 10.2. The van der Waals surface area contributed by atoms with E-state index in [4.69, 9.17) is 9.47 Å². The van der Waals surface area contributed by atoms with Crippen LogP contribution in [0.1, 0.15) is 40.5 Å². The first-order valence-electron chi connectivity index (χ1n) is 10.7. The van der Waals surface area contributed by atoms with Gasteiger partial charge in [-0.2, -0.15) is 4.31 Å². The summed E-state index contributed by atoms with van der Waals surface area (Å²) >= 11 is 0. The van der Waals surface area contributed by atoms with Crippen molar-refractivity contribution in [3.05, 3.63) is 18.2 Å². The molecular formula is C21H33N3O5S. The molecule has 1 saturated heterocycles. The van der Waals surface area contributed by atoms with Crippen LogP contribution < -0.4 is 14.8 Å². The highest BCUT2D eigenvalue weighted by atomic mass is 32.2. The number of carbonyl (C=O) groups is 1. The van der Waals surface area contributed by atoms with Crippen molar-refractivity contribution in [1.82, 2.24) is 14.5 Å². The van der Waals surface area contributed by atoms with Crippen LogP contribution in [0.2, 0.25) is 0 Å². The first-order chi connectivity index (χ1) is 14.2. The summed E-state index contributed by atoms with van der Waals surface area (Å²) in [6.07, 6.45) is 1.18. The summed E-state index contributed by atoms with van der Waals surface area (Å²) in [6, 6.07) is 4.68. The zero-order valence-corrected chi connectivity index (χ0v) is 19.1. The van der Waals surface area contributed by atoms with E-state index < -0.39 is 16.1 Å². The fourth-order valence-corrected chi connectivity index (χ4v) is 5.82. The Bertz CT molecular complexity index is 848. The van der Waals surface area contributed by atoms with Gasteiger partial charge < -0.3 is 14.8 Å². The van der Waals surface area contributed by atoms with Crippen LogP contribution in [0.4, 0.5) is 0 Å². The van der Waals surface area contributed by atoms with E-state index in [-0.39, 0.29) is 10.8 Å². The van der Waals surface area contributed by atoms with Gasteiger partial charge in [0.1, 0.15) is 19.3 Å². The number of rotatable bonds is 8. The summed E-state index contributed by atoms with van der Waals surface area (Å²) in [6.45, 7) is 10.9. The number of ether oxygens (including phenoxy) is 2. The maximum atomic E-state index is 13.2. The quantitative estimate of drug-likeness (QED) is 0.665. The molecule has 0 radical (unpaired) electrons. The molecule has 0 unspecified atom stereocenters. The molecule has 168 valence electrons. The predicted molar refractivity (Wildman–Crippen MR) is 114 cm³/mol. The van der Waals surface area contributed by atoms with E-state index in [1.807, 2.05) is 0 Å². The SMILES string of the molecule is CC(C)N(CCNC(=O)[C@@H]1CCCN1S(=O)(=O)c1ccc2c(c1)OCCO2)C(C)C. The third-order valence-corrected chi connectivity index (χ3v) is 7.53. The maximum Gasteiger partial charge on any atom is 0.243 e. The fraction of sp³-hybridized carbons (Fsp3) is 0.667. The molecule has 3 rings (SSSR count). The number of nitrogens with one attached hydrogen (secondary N) is 1. The van der Waals surface area contributed by atoms with E-state index in [2.05, 4.69) is 37.9 Å². The Morgan fingerprint density at radius 2 is 1.83 bits per heavy atom.